The Morgan fingerprint density at radius 1 is 1.11 bits per heavy atom. The van der Waals surface area contributed by atoms with E-state index in [1.54, 1.807) is 17.0 Å². The number of nitrogens with zero attached hydrogens (tertiary/aromatic N) is 3. The number of halogens is 1. The van der Waals surface area contributed by atoms with Crippen molar-refractivity contribution in [3.05, 3.63) is 70.0 Å². The number of hydrogen-bond acceptors (Lipinski definition) is 4. The highest BCUT2D eigenvalue weighted by Gasteiger charge is 2.29. The number of fused-ring (bicyclic) bond motifs is 1. The van der Waals surface area contributed by atoms with Crippen LogP contribution in [0, 0.1) is 11.7 Å². The molecule has 2 aromatic heterocycles. The van der Waals surface area contributed by atoms with Crippen molar-refractivity contribution in [1.29, 1.82) is 0 Å². The summed E-state index contributed by atoms with van der Waals surface area (Å²) in [4.78, 5) is 38.9. The minimum atomic E-state index is -0.414. The van der Waals surface area contributed by atoms with E-state index in [0.29, 0.717) is 42.7 Å². The van der Waals surface area contributed by atoms with Gasteiger partial charge in [0.25, 0.3) is 5.91 Å². The van der Waals surface area contributed by atoms with E-state index >= 15 is 0 Å². The Kier molecular flexibility index (Phi) is 4.31. The number of carbonyl (C=O) groups excluding carboxylic acids is 2. The third-order valence-corrected chi connectivity index (χ3v) is 4.87. The lowest BCUT2D eigenvalue weighted by Crippen LogP contribution is -2.42. The van der Waals surface area contributed by atoms with E-state index < -0.39 is 11.5 Å². The van der Waals surface area contributed by atoms with E-state index in [1.807, 2.05) is 0 Å². The summed E-state index contributed by atoms with van der Waals surface area (Å²) in [5, 5.41) is 6.16. The van der Waals surface area contributed by atoms with Gasteiger partial charge < -0.3 is 4.90 Å². The van der Waals surface area contributed by atoms with Crippen LogP contribution in [0.3, 0.4) is 0 Å². The van der Waals surface area contributed by atoms with Gasteiger partial charge in [0, 0.05) is 30.8 Å². The maximum Gasteiger partial charge on any atom is 0.347 e. The second kappa shape index (κ2) is 6.79. The number of carbonyl (C=O) groups is 2. The Labute approximate surface area is 153 Å². The molecule has 0 bridgehead atoms. The minimum Gasteiger partial charge on any atom is -0.338 e. The van der Waals surface area contributed by atoms with Crippen molar-refractivity contribution in [3.63, 3.8) is 0 Å². The number of rotatable bonds is 3. The van der Waals surface area contributed by atoms with Gasteiger partial charge in [0.15, 0.2) is 11.4 Å². The number of ketones is 1. The van der Waals surface area contributed by atoms with E-state index in [0.717, 1.165) is 0 Å². The SMILES string of the molecule is O=C(c1ccc(F)cc1)[C@H]1CCCN(C(=O)c2ccc3n[nH]c(=O)n3c2)C1. The molecule has 1 aromatic carbocycles. The maximum absolute atomic E-state index is 13.1. The van der Waals surface area contributed by atoms with Gasteiger partial charge in [0.2, 0.25) is 0 Å². The zero-order valence-electron chi connectivity index (χ0n) is 14.4. The quantitative estimate of drug-likeness (QED) is 0.715. The number of aromatic nitrogens is 3. The number of likely N-dealkylation sites (tertiary alicyclic amines) is 1. The van der Waals surface area contributed by atoms with Crippen LogP contribution in [0.15, 0.2) is 47.4 Å². The molecule has 3 aromatic rings. The Hall–Kier alpha value is -3.29. The summed E-state index contributed by atoms with van der Waals surface area (Å²) in [6.45, 7) is 0.845. The first kappa shape index (κ1) is 17.1. The first-order valence-electron chi connectivity index (χ1n) is 8.69. The average molecular weight is 368 g/mol. The van der Waals surface area contributed by atoms with Gasteiger partial charge in [0.05, 0.1) is 5.56 Å². The molecule has 27 heavy (non-hydrogen) atoms. The molecule has 4 rings (SSSR count). The lowest BCUT2D eigenvalue weighted by Gasteiger charge is -2.32. The van der Waals surface area contributed by atoms with Crippen LogP contribution in [0.5, 0.6) is 0 Å². The normalized spacial score (nSPS) is 17.2. The first-order valence-corrected chi connectivity index (χ1v) is 8.69. The summed E-state index contributed by atoms with van der Waals surface area (Å²) < 4.78 is 14.3. The molecular formula is C19H17FN4O3. The fourth-order valence-electron chi connectivity index (χ4n) is 3.44. The summed E-state index contributed by atoms with van der Waals surface area (Å²) >= 11 is 0. The van der Waals surface area contributed by atoms with Crippen LogP contribution >= 0.6 is 0 Å². The van der Waals surface area contributed by atoms with Crippen LogP contribution in [0.4, 0.5) is 4.39 Å². The fourth-order valence-corrected chi connectivity index (χ4v) is 3.44. The molecule has 138 valence electrons. The number of piperidine rings is 1. The van der Waals surface area contributed by atoms with Crippen molar-refractivity contribution in [3.8, 4) is 0 Å². The highest BCUT2D eigenvalue weighted by molar-refractivity contribution is 5.99. The van der Waals surface area contributed by atoms with Crippen molar-refractivity contribution < 1.29 is 14.0 Å². The van der Waals surface area contributed by atoms with Crippen LogP contribution in [0.1, 0.15) is 33.6 Å². The van der Waals surface area contributed by atoms with Crippen LogP contribution in [-0.2, 0) is 0 Å². The summed E-state index contributed by atoms with van der Waals surface area (Å²) in [5.41, 5.74) is 0.824. The topological polar surface area (TPSA) is 87.5 Å². The van der Waals surface area contributed by atoms with Crippen LogP contribution in [0.25, 0.3) is 5.65 Å². The summed E-state index contributed by atoms with van der Waals surface area (Å²) in [5.74, 6) is -1.04. The molecule has 1 amide bonds. The number of pyridine rings is 1. The largest absolute Gasteiger partial charge is 0.347 e. The number of H-pyrrole nitrogens is 1. The van der Waals surface area contributed by atoms with E-state index in [9.17, 15) is 18.8 Å². The van der Waals surface area contributed by atoms with E-state index in [4.69, 9.17) is 0 Å². The summed E-state index contributed by atoms with van der Waals surface area (Å²) in [6.07, 6.45) is 2.84. The number of Topliss-reactive ketones (excluding diaryl/α,β-unsaturated/α-hetero) is 1. The van der Waals surface area contributed by atoms with Gasteiger partial charge in [-0.3, -0.25) is 9.59 Å². The number of benzene rings is 1. The Bertz CT molecular complexity index is 1070. The van der Waals surface area contributed by atoms with Gasteiger partial charge in [-0.15, -0.1) is 0 Å². The monoisotopic (exact) mass is 368 g/mol. The predicted octanol–water partition coefficient (Wildman–Crippen LogP) is 1.90. The average Bonchev–Trinajstić information content (AvgIpc) is 3.08. The Balaban J connectivity index is 1.53. The van der Waals surface area contributed by atoms with Gasteiger partial charge in [-0.2, -0.15) is 5.10 Å². The number of amides is 1. The molecule has 7 nitrogen and oxygen atoms in total. The van der Waals surface area contributed by atoms with Gasteiger partial charge in [-0.25, -0.2) is 18.7 Å². The second-order valence-corrected chi connectivity index (χ2v) is 6.64. The molecule has 1 saturated heterocycles. The van der Waals surface area contributed by atoms with Crippen molar-refractivity contribution in [1.82, 2.24) is 19.5 Å². The minimum absolute atomic E-state index is 0.0889. The molecular weight excluding hydrogens is 351 g/mol. The molecule has 0 spiro atoms. The highest BCUT2D eigenvalue weighted by atomic mass is 19.1. The summed E-state index contributed by atoms with van der Waals surface area (Å²) in [7, 11) is 0. The van der Waals surface area contributed by atoms with Crippen molar-refractivity contribution in [2.75, 3.05) is 13.1 Å². The zero-order chi connectivity index (χ0) is 19.0. The zero-order valence-corrected chi connectivity index (χ0v) is 14.4. The number of hydrogen-bond donors (Lipinski definition) is 1. The molecule has 1 aliphatic rings. The highest BCUT2D eigenvalue weighted by Crippen LogP contribution is 2.22. The Morgan fingerprint density at radius 3 is 2.63 bits per heavy atom. The van der Waals surface area contributed by atoms with Crippen molar-refractivity contribution in [2.45, 2.75) is 12.8 Å². The summed E-state index contributed by atoms with van der Waals surface area (Å²) in [6, 6.07) is 8.67. The molecule has 0 unspecified atom stereocenters. The second-order valence-electron chi connectivity index (χ2n) is 6.64. The van der Waals surface area contributed by atoms with Gasteiger partial charge in [-0.05, 0) is 49.2 Å². The molecule has 1 aliphatic heterocycles. The van der Waals surface area contributed by atoms with E-state index in [1.165, 1.54) is 34.9 Å². The van der Waals surface area contributed by atoms with Gasteiger partial charge in [-0.1, -0.05) is 0 Å². The third kappa shape index (κ3) is 3.25. The Morgan fingerprint density at radius 2 is 1.85 bits per heavy atom. The molecule has 1 fully saturated rings. The predicted molar refractivity (Wildman–Crippen MR) is 95.2 cm³/mol. The number of aromatic amines is 1. The van der Waals surface area contributed by atoms with Crippen LogP contribution in [0.2, 0.25) is 0 Å². The molecule has 0 aliphatic carbocycles. The molecule has 1 N–H and O–H groups in total. The van der Waals surface area contributed by atoms with Crippen LogP contribution < -0.4 is 5.69 Å². The van der Waals surface area contributed by atoms with Gasteiger partial charge in [0.1, 0.15) is 5.82 Å². The molecule has 0 saturated carbocycles. The first-order chi connectivity index (χ1) is 13.0. The van der Waals surface area contributed by atoms with Crippen LogP contribution in [-0.4, -0.2) is 44.3 Å². The van der Waals surface area contributed by atoms with Crippen molar-refractivity contribution >= 4 is 17.3 Å². The van der Waals surface area contributed by atoms with E-state index in [2.05, 4.69) is 10.2 Å². The molecule has 8 heteroatoms. The third-order valence-electron chi connectivity index (χ3n) is 4.87. The molecule has 0 radical (unpaired) electrons. The fraction of sp³-hybridized carbons (Fsp3) is 0.263. The molecule has 1 atom stereocenters. The van der Waals surface area contributed by atoms with E-state index in [-0.39, 0.29) is 17.6 Å². The lowest BCUT2D eigenvalue weighted by molar-refractivity contribution is 0.0636. The maximum atomic E-state index is 13.1. The van der Waals surface area contributed by atoms with Crippen molar-refractivity contribution in [2.24, 2.45) is 5.92 Å². The standard InChI is InChI=1S/C19H17FN4O3/c20-15-6-3-12(4-7-15)17(25)13-2-1-9-23(10-13)18(26)14-5-8-16-21-22-19(27)24(16)11-14/h3-8,11,13H,1-2,9-10H2,(H,22,27)/t13-/m0/s1. The lowest BCUT2D eigenvalue weighted by atomic mass is 9.89. The smallest absolute Gasteiger partial charge is 0.338 e. The van der Waals surface area contributed by atoms with Gasteiger partial charge >= 0.3 is 5.69 Å². The number of nitrogens with one attached hydrogen (secondary N) is 1. The molecule has 3 heterocycles.